The first kappa shape index (κ1) is 14.0. The van der Waals surface area contributed by atoms with Crippen LogP contribution in [0.25, 0.3) is 0 Å². The number of nitrogens with two attached hydrogens (primary N) is 1. The predicted molar refractivity (Wildman–Crippen MR) is 79.7 cm³/mol. The third-order valence-electron chi connectivity index (χ3n) is 3.76. The normalized spacial score (nSPS) is 22.3. The summed E-state index contributed by atoms with van der Waals surface area (Å²) in [4.78, 5) is 16.6. The Morgan fingerprint density at radius 1 is 1.48 bits per heavy atom. The van der Waals surface area contributed by atoms with Crippen LogP contribution in [0.5, 0.6) is 0 Å². The van der Waals surface area contributed by atoms with E-state index in [-0.39, 0.29) is 29.8 Å². The molecule has 1 amide bonds. The number of carbonyl (C=O) groups is 1. The lowest BCUT2D eigenvalue weighted by atomic mass is 9.76. The first-order valence-corrected chi connectivity index (χ1v) is 7.58. The fraction of sp³-hybridized carbons (Fsp3) is 0.357. The number of nitrogens with zero attached hydrogens (tertiary/aromatic N) is 2. The number of anilines is 1. The molecule has 1 fully saturated rings. The highest BCUT2D eigenvalue weighted by atomic mass is 32.1. The molecular formula is C14H16N4O2S. The van der Waals surface area contributed by atoms with Crippen LogP contribution in [0.15, 0.2) is 29.8 Å². The fourth-order valence-corrected chi connectivity index (χ4v) is 3.13. The zero-order chi connectivity index (χ0) is 14.8. The summed E-state index contributed by atoms with van der Waals surface area (Å²) in [6.07, 6.45) is 2.74. The molecule has 1 aliphatic rings. The van der Waals surface area contributed by atoms with Gasteiger partial charge < -0.3 is 16.2 Å². The van der Waals surface area contributed by atoms with Gasteiger partial charge in [0.25, 0.3) is 5.91 Å². The predicted octanol–water partition coefficient (Wildman–Crippen LogP) is 1.36. The van der Waals surface area contributed by atoms with Crippen molar-refractivity contribution in [1.29, 1.82) is 0 Å². The summed E-state index contributed by atoms with van der Waals surface area (Å²) in [5.41, 5.74) is 6.87. The molecule has 3 rings (SSSR count). The van der Waals surface area contributed by atoms with E-state index in [0.29, 0.717) is 18.4 Å². The number of pyridine rings is 1. The monoisotopic (exact) mass is 304 g/mol. The molecule has 6 nitrogen and oxygen atoms in total. The minimum atomic E-state index is -0.286. The first-order valence-electron chi connectivity index (χ1n) is 6.75. The van der Waals surface area contributed by atoms with Crippen LogP contribution in [0.1, 0.15) is 34.9 Å². The Labute approximate surface area is 126 Å². The highest BCUT2D eigenvalue weighted by Crippen LogP contribution is 2.37. The molecule has 0 bridgehead atoms. The standard InChI is InChI=1S/C14H16N4O2S/c15-13-10(7-21-18-13)14(20)17-12(8-5-9(19)6-8)11-3-1-2-4-16-11/h1-4,7-9,12,19H,5-6H2,(H2,15,18)(H,17,20)/t8?,9?,12-/m1/s1. The molecular weight excluding hydrogens is 288 g/mol. The Balaban J connectivity index is 1.80. The summed E-state index contributed by atoms with van der Waals surface area (Å²) in [6, 6.07) is 5.38. The first-order chi connectivity index (χ1) is 10.1. The number of aliphatic hydroxyl groups excluding tert-OH is 1. The van der Waals surface area contributed by atoms with E-state index in [9.17, 15) is 9.90 Å². The quantitative estimate of drug-likeness (QED) is 0.792. The van der Waals surface area contributed by atoms with Crippen LogP contribution < -0.4 is 11.1 Å². The highest BCUT2D eigenvalue weighted by Gasteiger charge is 2.36. The zero-order valence-corrected chi connectivity index (χ0v) is 12.1. The largest absolute Gasteiger partial charge is 0.393 e. The molecule has 1 saturated carbocycles. The van der Waals surface area contributed by atoms with Gasteiger partial charge in [-0.25, -0.2) is 0 Å². The third-order valence-corrected chi connectivity index (χ3v) is 4.40. The molecule has 1 atom stereocenters. The number of aromatic nitrogens is 2. The van der Waals surface area contributed by atoms with Crippen molar-refractivity contribution in [2.45, 2.75) is 25.0 Å². The second kappa shape index (κ2) is 5.79. The van der Waals surface area contributed by atoms with Gasteiger partial charge in [0.1, 0.15) is 5.82 Å². The van der Waals surface area contributed by atoms with Gasteiger partial charge in [-0.15, -0.1) is 0 Å². The van der Waals surface area contributed by atoms with Crippen molar-refractivity contribution < 1.29 is 9.90 Å². The van der Waals surface area contributed by atoms with Gasteiger partial charge in [0, 0.05) is 11.6 Å². The number of nitrogens with one attached hydrogen (secondary N) is 1. The third kappa shape index (κ3) is 2.88. The molecule has 21 heavy (non-hydrogen) atoms. The maximum atomic E-state index is 12.3. The van der Waals surface area contributed by atoms with Crippen LogP contribution in [0.4, 0.5) is 5.82 Å². The number of nitrogen functional groups attached to an aromatic ring is 1. The van der Waals surface area contributed by atoms with Crippen molar-refractivity contribution in [3.8, 4) is 0 Å². The average Bonchev–Trinajstić information content (AvgIpc) is 2.89. The molecule has 110 valence electrons. The van der Waals surface area contributed by atoms with Crippen LogP contribution >= 0.6 is 11.5 Å². The molecule has 0 saturated heterocycles. The van der Waals surface area contributed by atoms with E-state index in [4.69, 9.17) is 5.73 Å². The van der Waals surface area contributed by atoms with Crippen molar-refractivity contribution in [1.82, 2.24) is 14.7 Å². The molecule has 7 heteroatoms. The molecule has 2 heterocycles. The van der Waals surface area contributed by atoms with Gasteiger partial charge in [-0.1, -0.05) is 6.07 Å². The van der Waals surface area contributed by atoms with Crippen LogP contribution in [0.3, 0.4) is 0 Å². The Hall–Kier alpha value is -1.99. The Kier molecular flexibility index (Phi) is 3.85. The van der Waals surface area contributed by atoms with E-state index in [0.717, 1.165) is 17.2 Å². The van der Waals surface area contributed by atoms with Gasteiger partial charge >= 0.3 is 0 Å². The number of rotatable bonds is 4. The highest BCUT2D eigenvalue weighted by molar-refractivity contribution is 7.04. The molecule has 0 spiro atoms. The van der Waals surface area contributed by atoms with Gasteiger partial charge in [-0.2, -0.15) is 4.37 Å². The van der Waals surface area contributed by atoms with Crippen molar-refractivity contribution in [3.05, 3.63) is 41.0 Å². The number of hydrogen-bond donors (Lipinski definition) is 3. The van der Waals surface area contributed by atoms with Gasteiger partial charge in [-0.05, 0) is 42.4 Å². The van der Waals surface area contributed by atoms with Gasteiger partial charge in [-0.3, -0.25) is 9.78 Å². The van der Waals surface area contributed by atoms with Gasteiger partial charge in [0.2, 0.25) is 0 Å². The van der Waals surface area contributed by atoms with Crippen molar-refractivity contribution in [2.75, 3.05) is 5.73 Å². The van der Waals surface area contributed by atoms with E-state index in [1.54, 1.807) is 11.6 Å². The van der Waals surface area contributed by atoms with E-state index >= 15 is 0 Å². The molecule has 0 aliphatic heterocycles. The van der Waals surface area contributed by atoms with Crippen LogP contribution in [-0.2, 0) is 0 Å². The van der Waals surface area contributed by atoms with Crippen LogP contribution in [-0.4, -0.2) is 26.5 Å². The topological polar surface area (TPSA) is 101 Å². The van der Waals surface area contributed by atoms with E-state index < -0.39 is 0 Å². The fourth-order valence-electron chi connectivity index (χ4n) is 2.53. The summed E-state index contributed by atoms with van der Waals surface area (Å²) in [5.74, 6) is 0.177. The minimum absolute atomic E-state index is 0.187. The Morgan fingerprint density at radius 3 is 2.86 bits per heavy atom. The average molecular weight is 304 g/mol. The molecule has 0 radical (unpaired) electrons. The van der Waals surface area contributed by atoms with E-state index in [1.165, 1.54) is 0 Å². The minimum Gasteiger partial charge on any atom is -0.393 e. The SMILES string of the molecule is Nc1nscc1C(=O)N[C@@H](c1ccccn1)C1CC(O)C1. The number of aliphatic hydroxyl groups is 1. The number of carbonyl (C=O) groups excluding carboxylic acids is 1. The van der Waals surface area contributed by atoms with Crippen LogP contribution in [0.2, 0.25) is 0 Å². The summed E-state index contributed by atoms with van der Waals surface area (Å²) in [7, 11) is 0. The molecule has 2 aromatic rings. The smallest absolute Gasteiger partial charge is 0.256 e. The van der Waals surface area contributed by atoms with Crippen molar-refractivity contribution >= 4 is 23.3 Å². The summed E-state index contributed by atoms with van der Waals surface area (Å²) in [5, 5.41) is 14.1. The zero-order valence-electron chi connectivity index (χ0n) is 11.3. The lowest BCUT2D eigenvalue weighted by Gasteiger charge is -2.37. The Bertz CT molecular complexity index is 625. The summed E-state index contributed by atoms with van der Waals surface area (Å²) >= 11 is 1.15. The van der Waals surface area contributed by atoms with Gasteiger partial charge in [0.15, 0.2) is 0 Å². The molecule has 0 unspecified atom stereocenters. The van der Waals surface area contributed by atoms with Crippen LogP contribution in [0, 0.1) is 5.92 Å². The number of amides is 1. The van der Waals surface area contributed by atoms with E-state index in [2.05, 4.69) is 14.7 Å². The van der Waals surface area contributed by atoms with Crippen molar-refractivity contribution in [2.24, 2.45) is 5.92 Å². The Morgan fingerprint density at radius 2 is 2.29 bits per heavy atom. The second-order valence-corrected chi connectivity index (χ2v) is 5.83. The summed E-state index contributed by atoms with van der Waals surface area (Å²) < 4.78 is 3.91. The summed E-state index contributed by atoms with van der Waals surface area (Å²) in [6.45, 7) is 0. The number of hydrogen-bond acceptors (Lipinski definition) is 6. The maximum Gasteiger partial charge on any atom is 0.256 e. The lowest BCUT2D eigenvalue weighted by molar-refractivity contribution is 0.0228. The molecule has 4 N–H and O–H groups in total. The molecule has 1 aliphatic carbocycles. The lowest BCUT2D eigenvalue weighted by Crippen LogP contribution is -2.41. The second-order valence-electron chi connectivity index (χ2n) is 5.20. The molecule has 0 aromatic carbocycles. The van der Waals surface area contributed by atoms with Gasteiger partial charge in [0.05, 0.1) is 23.4 Å². The van der Waals surface area contributed by atoms with E-state index in [1.807, 2.05) is 18.2 Å². The maximum absolute atomic E-state index is 12.3. The molecule has 2 aromatic heterocycles. The van der Waals surface area contributed by atoms with Crippen molar-refractivity contribution in [3.63, 3.8) is 0 Å².